The molecule has 1 aromatic carbocycles. The van der Waals surface area contributed by atoms with Crippen LogP contribution in [0.4, 0.5) is 5.69 Å². The Labute approximate surface area is 142 Å². The van der Waals surface area contributed by atoms with Crippen molar-refractivity contribution in [3.05, 3.63) is 29.3 Å². The van der Waals surface area contributed by atoms with Crippen molar-refractivity contribution in [2.45, 2.75) is 16.2 Å². The van der Waals surface area contributed by atoms with E-state index in [1.807, 2.05) is 12.3 Å². The maximum absolute atomic E-state index is 11.9. The molecular weight excluding hydrogens is 358 g/mol. The highest BCUT2D eigenvalue weighted by Gasteiger charge is 2.16. The number of amides is 1. The van der Waals surface area contributed by atoms with E-state index in [1.165, 1.54) is 42.3 Å². The van der Waals surface area contributed by atoms with Gasteiger partial charge in [-0.15, -0.1) is 11.3 Å². The van der Waals surface area contributed by atoms with Gasteiger partial charge in [-0.1, -0.05) is 11.8 Å². The summed E-state index contributed by atoms with van der Waals surface area (Å²) in [7, 11) is -2.60. The van der Waals surface area contributed by atoms with Crippen LogP contribution in [0.3, 0.4) is 0 Å². The van der Waals surface area contributed by atoms with E-state index >= 15 is 0 Å². The minimum Gasteiger partial charge on any atom is -0.495 e. The van der Waals surface area contributed by atoms with Gasteiger partial charge < -0.3 is 10.1 Å². The Morgan fingerprint density at radius 3 is 2.78 bits per heavy atom. The number of thioether (sulfide) groups is 1. The molecule has 0 bridgehead atoms. The summed E-state index contributed by atoms with van der Waals surface area (Å²) >= 11 is 2.78. The fourth-order valence-corrected chi connectivity index (χ4v) is 4.07. The highest BCUT2D eigenvalue weighted by molar-refractivity contribution is 8.01. The first-order chi connectivity index (χ1) is 10.8. The number of anilines is 1. The summed E-state index contributed by atoms with van der Waals surface area (Å²) in [6, 6.07) is 4.25. The quantitative estimate of drug-likeness (QED) is 0.747. The lowest BCUT2D eigenvalue weighted by molar-refractivity contribution is -0.113. The first-order valence-electron chi connectivity index (χ1n) is 6.35. The summed E-state index contributed by atoms with van der Waals surface area (Å²) in [5, 5.41) is 9.67. The number of nitrogens with two attached hydrogens (primary N) is 1. The molecule has 0 aliphatic heterocycles. The Morgan fingerprint density at radius 2 is 2.22 bits per heavy atom. The van der Waals surface area contributed by atoms with Crippen molar-refractivity contribution in [1.29, 1.82) is 0 Å². The average Bonchev–Trinajstić information content (AvgIpc) is 2.90. The zero-order valence-electron chi connectivity index (χ0n) is 12.4. The number of primary sulfonamides is 1. The predicted octanol–water partition coefficient (Wildman–Crippen LogP) is 1.84. The van der Waals surface area contributed by atoms with E-state index < -0.39 is 10.0 Å². The number of thiazole rings is 1. The number of carbonyl (C=O) groups is 1. The van der Waals surface area contributed by atoms with Gasteiger partial charge in [0.15, 0.2) is 4.34 Å². The Morgan fingerprint density at radius 1 is 1.48 bits per heavy atom. The van der Waals surface area contributed by atoms with Gasteiger partial charge in [-0.3, -0.25) is 4.79 Å². The summed E-state index contributed by atoms with van der Waals surface area (Å²) in [6.45, 7) is 1.88. The maximum Gasteiger partial charge on any atom is 0.241 e. The van der Waals surface area contributed by atoms with E-state index in [4.69, 9.17) is 9.88 Å². The molecule has 2 rings (SSSR count). The van der Waals surface area contributed by atoms with Gasteiger partial charge in [0.25, 0.3) is 0 Å². The van der Waals surface area contributed by atoms with E-state index in [0.717, 1.165) is 10.0 Å². The fourth-order valence-electron chi connectivity index (χ4n) is 1.70. The van der Waals surface area contributed by atoms with E-state index in [9.17, 15) is 13.2 Å². The molecule has 0 unspecified atom stereocenters. The smallest absolute Gasteiger partial charge is 0.241 e. The molecule has 10 heteroatoms. The van der Waals surface area contributed by atoms with E-state index in [-0.39, 0.29) is 22.3 Å². The number of sulfonamides is 1. The normalized spacial score (nSPS) is 11.3. The molecule has 2 aromatic rings. The Kier molecular flexibility index (Phi) is 5.63. The third kappa shape index (κ3) is 4.93. The van der Waals surface area contributed by atoms with Gasteiger partial charge in [0.05, 0.1) is 12.9 Å². The van der Waals surface area contributed by atoms with Gasteiger partial charge in [-0.05, 0) is 25.1 Å². The maximum atomic E-state index is 11.9. The summed E-state index contributed by atoms with van der Waals surface area (Å²) in [6.07, 6.45) is 0. The number of benzene rings is 1. The summed E-state index contributed by atoms with van der Waals surface area (Å²) in [4.78, 5) is 16.0. The molecule has 7 nitrogen and oxygen atoms in total. The molecule has 0 saturated heterocycles. The van der Waals surface area contributed by atoms with Crippen LogP contribution in [0.15, 0.2) is 32.8 Å². The van der Waals surface area contributed by atoms with Crippen LogP contribution in [0.2, 0.25) is 0 Å². The summed E-state index contributed by atoms with van der Waals surface area (Å²) < 4.78 is 28.8. The van der Waals surface area contributed by atoms with E-state index in [2.05, 4.69) is 10.3 Å². The second kappa shape index (κ2) is 7.30. The third-order valence-electron chi connectivity index (χ3n) is 2.68. The highest BCUT2D eigenvalue weighted by Crippen LogP contribution is 2.27. The molecule has 3 N–H and O–H groups in total. The van der Waals surface area contributed by atoms with Crippen LogP contribution >= 0.6 is 23.1 Å². The zero-order chi connectivity index (χ0) is 17.0. The Bertz CT molecular complexity index is 818. The Hall–Kier alpha value is -1.62. The van der Waals surface area contributed by atoms with Gasteiger partial charge in [-0.25, -0.2) is 18.5 Å². The molecule has 0 aliphatic rings. The lowest BCUT2D eigenvalue weighted by atomic mass is 10.3. The molecule has 0 aliphatic carbocycles. The number of nitrogens with one attached hydrogen (secondary N) is 1. The lowest BCUT2D eigenvalue weighted by Crippen LogP contribution is -2.16. The minimum absolute atomic E-state index is 0.123. The largest absolute Gasteiger partial charge is 0.495 e. The van der Waals surface area contributed by atoms with Crippen molar-refractivity contribution >= 4 is 44.7 Å². The van der Waals surface area contributed by atoms with Crippen LogP contribution in [-0.2, 0) is 14.8 Å². The van der Waals surface area contributed by atoms with Gasteiger partial charge in [0.2, 0.25) is 15.9 Å². The standard InChI is InChI=1S/C13H15N3O4S3/c1-8-6-21-13(15-8)22-7-12(17)16-9-3-4-10(20-2)11(5-9)23(14,18)19/h3-6H,7H2,1-2H3,(H,16,17)(H2,14,18,19). The SMILES string of the molecule is COc1ccc(NC(=O)CSc2nc(C)cs2)cc1S(N)(=O)=O. The predicted molar refractivity (Wildman–Crippen MR) is 90.6 cm³/mol. The van der Waals surface area contributed by atoms with Crippen molar-refractivity contribution in [3.8, 4) is 5.75 Å². The van der Waals surface area contributed by atoms with Crippen LogP contribution in [-0.4, -0.2) is 32.2 Å². The number of nitrogens with zero attached hydrogens (tertiary/aromatic N) is 1. The molecule has 1 aromatic heterocycles. The van der Waals surface area contributed by atoms with E-state index in [0.29, 0.717) is 5.69 Å². The van der Waals surface area contributed by atoms with Crippen LogP contribution in [0.1, 0.15) is 5.69 Å². The van der Waals surface area contributed by atoms with Crippen LogP contribution in [0.25, 0.3) is 0 Å². The summed E-state index contributed by atoms with van der Waals surface area (Å²) in [5.41, 5.74) is 1.24. The highest BCUT2D eigenvalue weighted by atomic mass is 32.2. The molecular formula is C13H15N3O4S3. The van der Waals surface area contributed by atoms with Gasteiger partial charge in [0, 0.05) is 16.8 Å². The monoisotopic (exact) mass is 373 g/mol. The van der Waals surface area contributed by atoms with Gasteiger partial charge >= 0.3 is 0 Å². The molecule has 0 radical (unpaired) electrons. The number of carbonyl (C=O) groups excluding carboxylic acids is 1. The topological polar surface area (TPSA) is 111 Å². The zero-order valence-corrected chi connectivity index (χ0v) is 14.8. The van der Waals surface area contributed by atoms with Crippen molar-refractivity contribution in [3.63, 3.8) is 0 Å². The van der Waals surface area contributed by atoms with Crippen molar-refractivity contribution in [2.75, 3.05) is 18.2 Å². The number of aryl methyl sites for hydroxylation is 1. The number of rotatable bonds is 6. The van der Waals surface area contributed by atoms with Crippen molar-refractivity contribution < 1.29 is 17.9 Å². The molecule has 0 saturated carbocycles. The minimum atomic E-state index is -3.95. The second-order valence-corrected chi connectivity index (χ2v) is 8.11. The molecule has 1 amide bonds. The van der Waals surface area contributed by atoms with Gasteiger partial charge in [0.1, 0.15) is 10.6 Å². The Balaban J connectivity index is 2.06. The first-order valence-corrected chi connectivity index (χ1v) is 9.76. The number of hydrogen-bond donors (Lipinski definition) is 2. The lowest BCUT2D eigenvalue weighted by Gasteiger charge is -2.10. The first kappa shape index (κ1) is 17.7. The molecule has 0 spiro atoms. The number of ether oxygens (including phenoxy) is 1. The van der Waals surface area contributed by atoms with Crippen LogP contribution < -0.4 is 15.2 Å². The molecule has 0 atom stereocenters. The second-order valence-electron chi connectivity index (χ2n) is 4.50. The van der Waals surface area contributed by atoms with Gasteiger partial charge in [-0.2, -0.15) is 0 Å². The average molecular weight is 373 g/mol. The molecule has 124 valence electrons. The van der Waals surface area contributed by atoms with Crippen molar-refractivity contribution in [2.24, 2.45) is 5.14 Å². The number of hydrogen-bond acceptors (Lipinski definition) is 7. The molecule has 1 heterocycles. The number of methoxy groups -OCH3 is 1. The molecule has 0 fully saturated rings. The van der Waals surface area contributed by atoms with Crippen LogP contribution in [0.5, 0.6) is 5.75 Å². The molecule has 23 heavy (non-hydrogen) atoms. The summed E-state index contributed by atoms with van der Waals surface area (Å²) in [5.74, 6) is 0.0236. The van der Waals surface area contributed by atoms with Crippen LogP contribution in [0, 0.1) is 6.92 Å². The number of aromatic nitrogens is 1. The van der Waals surface area contributed by atoms with Crippen molar-refractivity contribution in [1.82, 2.24) is 4.98 Å². The third-order valence-corrected chi connectivity index (χ3v) is 5.75. The van der Waals surface area contributed by atoms with E-state index in [1.54, 1.807) is 6.07 Å². The fraction of sp³-hybridized carbons (Fsp3) is 0.231.